The summed E-state index contributed by atoms with van der Waals surface area (Å²) < 4.78 is 11.3. The Hall–Kier alpha value is -0.773. The Morgan fingerprint density at radius 3 is 1.76 bits per heavy atom. The Kier molecular flexibility index (Phi) is 7.19. The molecule has 0 radical (unpaired) electrons. The maximum Gasteiger partial charge on any atom is 0.303 e. The minimum Gasteiger partial charge on any atom is -0.544 e. The first-order chi connectivity index (χ1) is 7.90. The van der Waals surface area contributed by atoms with E-state index < -0.39 is 8.32 Å². The van der Waals surface area contributed by atoms with Crippen LogP contribution in [0.2, 0.25) is 18.1 Å². The van der Waals surface area contributed by atoms with E-state index in [1.807, 2.05) is 13.8 Å². The molecule has 0 aromatic heterocycles. The van der Waals surface area contributed by atoms with Crippen LogP contribution in [0.4, 0.5) is 0 Å². The van der Waals surface area contributed by atoms with E-state index in [9.17, 15) is 4.79 Å². The van der Waals surface area contributed by atoms with Gasteiger partial charge in [0.15, 0.2) is 0 Å². The zero-order chi connectivity index (χ0) is 13.5. The van der Waals surface area contributed by atoms with Crippen LogP contribution in [0.5, 0.6) is 0 Å². The Bertz CT molecular complexity index is 268. The lowest BCUT2D eigenvalue weighted by Gasteiger charge is -2.31. The molecule has 0 aliphatic rings. The molecule has 0 rings (SSSR count). The lowest BCUT2D eigenvalue weighted by Crippen LogP contribution is -2.36. The minimum atomic E-state index is -1.66. The van der Waals surface area contributed by atoms with Crippen molar-refractivity contribution in [2.24, 2.45) is 0 Å². The van der Waals surface area contributed by atoms with Crippen molar-refractivity contribution in [3.05, 3.63) is 11.3 Å². The van der Waals surface area contributed by atoms with Crippen molar-refractivity contribution >= 4 is 14.3 Å². The van der Waals surface area contributed by atoms with Crippen LogP contribution in [-0.2, 0) is 14.0 Å². The van der Waals surface area contributed by atoms with Crippen LogP contribution >= 0.6 is 0 Å². The molecule has 100 valence electrons. The van der Waals surface area contributed by atoms with Crippen molar-refractivity contribution in [2.45, 2.75) is 59.7 Å². The average molecular weight is 258 g/mol. The molecule has 0 spiro atoms. The van der Waals surface area contributed by atoms with Gasteiger partial charge < -0.3 is 9.16 Å². The fraction of sp³-hybridized carbons (Fsp3) is 0.769. The topological polar surface area (TPSA) is 35.5 Å². The monoisotopic (exact) mass is 258 g/mol. The predicted octanol–water partition coefficient (Wildman–Crippen LogP) is 3.87. The van der Waals surface area contributed by atoms with Gasteiger partial charge in [-0.3, -0.25) is 4.79 Å². The van der Waals surface area contributed by atoms with Gasteiger partial charge in [0.25, 0.3) is 0 Å². The van der Waals surface area contributed by atoms with E-state index in [0.29, 0.717) is 0 Å². The minimum absolute atomic E-state index is 0.260. The largest absolute Gasteiger partial charge is 0.544 e. The van der Waals surface area contributed by atoms with Gasteiger partial charge in [0.2, 0.25) is 8.32 Å². The molecule has 0 fully saturated rings. The number of ether oxygens (including phenoxy) is 1. The van der Waals surface area contributed by atoms with Gasteiger partial charge in [-0.05, 0) is 37.6 Å². The Balaban J connectivity index is 4.76. The van der Waals surface area contributed by atoms with E-state index >= 15 is 0 Å². The molecule has 0 saturated heterocycles. The first-order valence-corrected chi connectivity index (χ1v) is 8.92. The maximum absolute atomic E-state index is 10.9. The van der Waals surface area contributed by atoms with Gasteiger partial charge in [0.05, 0.1) is 0 Å². The highest BCUT2D eigenvalue weighted by atomic mass is 28.4. The summed E-state index contributed by atoms with van der Waals surface area (Å²) in [5.41, 5.74) is 1.10. The molecule has 0 heterocycles. The SMILES string of the molecule is CC[Si](CC)(CC)OC(COC(C)=O)=C(C)C. The second kappa shape index (κ2) is 7.53. The van der Waals surface area contributed by atoms with E-state index in [-0.39, 0.29) is 12.6 Å². The number of carbonyl (C=O) groups is 1. The fourth-order valence-electron chi connectivity index (χ4n) is 1.67. The number of hydrogen-bond acceptors (Lipinski definition) is 3. The van der Waals surface area contributed by atoms with Crippen molar-refractivity contribution in [3.63, 3.8) is 0 Å². The molecule has 4 heteroatoms. The van der Waals surface area contributed by atoms with Gasteiger partial charge in [-0.2, -0.15) is 0 Å². The van der Waals surface area contributed by atoms with Gasteiger partial charge in [0.1, 0.15) is 12.4 Å². The standard InChI is InChI=1S/C13H26O3Si/c1-7-17(8-2,9-3)16-13(11(4)5)10-15-12(6)14/h7-10H2,1-6H3. The molecule has 0 aliphatic carbocycles. The predicted molar refractivity (Wildman–Crippen MR) is 73.3 cm³/mol. The summed E-state index contributed by atoms with van der Waals surface area (Å²) in [5.74, 6) is 0.585. The molecule has 0 aromatic rings. The summed E-state index contributed by atoms with van der Waals surface area (Å²) >= 11 is 0. The van der Waals surface area contributed by atoms with Gasteiger partial charge >= 0.3 is 5.97 Å². The van der Waals surface area contributed by atoms with E-state index in [1.165, 1.54) is 6.92 Å². The summed E-state index contributed by atoms with van der Waals surface area (Å²) in [4.78, 5) is 10.9. The normalized spacial score (nSPS) is 10.9. The van der Waals surface area contributed by atoms with Crippen LogP contribution in [0.3, 0.4) is 0 Å². The number of carbonyl (C=O) groups excluding carboxylic acids is 1. The third kappa shape index (κ3) is 5.39. The molecule has 0 aliphatic heterocycles. The average Bonchev–Trinajstić information content (AvgIpc) is 2.30. The first-order valence-electron chi connectivity index (χ1n) is 6.39. The fourth-order valence-corrected chi connectivity index (χ4v) is 4.39. The summed E-state index contributed by atoms with van der Waals surface area (Å²) in [5, 5.41) is 0. The smallest absolute Gasteiger partial charge is 0.303 e. The molecule has 0 saturated carbocycles. The summed E-state index contributed by atoms with van der Waals surface area (Å²) in [7, 11) is -1.66. The molecule has 3 nitrogen and oxygen atoms in total. The van der Waals surface area contributed by atoms with Crippen LogP contribution < -0.4 is 0 Å². The molecule has 0 atom stereocenters. The molecule has 17 heavy (non-hydrogen) atoms. The zero-order valence-electron chi connectivity index (χ0n) is 12.1. The van der Waals surface area contributed by atoms with Crippen LogP contribution in [0, 0.1) is 0 Å². The highest BCUT2D eigenvalue weighted by Gasteiger charge is 2.31. The van der Waals surface area contributed by atoms with Crippen molar-refractivity contribution in [1.82, 2.24) is 0 Å². The first kappa shape index (κ1) is 16.2. The lowest BCUT2D eigenvalue weighted by molar-refractivity contribution is -0.140. The second-order valence-corrected chi connectivity index (χ2v) is 9.24. The molecule has 0 amide bonds. The summed E-state index contributed by atoms with van der Waals surface area (Å²) in [6, 6.07) is 3.28. The molecular formula is C13H26O3Si. The van der Waals surface area contributed by atoms with Crippen molar-refractivity contribution < 1.29 is 14.0 Å². The Labute approximate surface area is 106 Å². The van der Waals surface area contributed by atoms with E-state index in [0.717, 1.165) is 29.5 Å². The van der Waals surface area contributed by atoms with Gasteiger partial charge in [-0.15, -0.1) is 0 Å². The van der Waals surface area contributed by atoms with Gasteiger partial charge in [0, 0.05) is 6.92 Å². The molecule has 0 bridgehead atoms. The molecule has 0 unspecified atom stereocenters. The zero-order valence-corrected chi connectivity index (χ0v) is 13.1. The number of rotatable bonds is 7. The van der Waals surface area contributed by atoms with Crippen molar-refractivity contribution in [3.8, 4) is 0 Å². The summed E-state index contributed by atoms with van der Waals surface area (Å²) in [6.45, 7) is 12.3. The van der Waals surface area contributed by atoms with Gasteiger partial charge in [-0.25, -0.2) is 0 Å². The third-order valence-electron chi connectivity index (χ3n) is 3.24. The lowest BCUT2D eigenvalue weighted by atomic mass is 10.3. The second-order valence-electron chi connectivity index (χ2n) is 4.55. The molecular weight excluding hydrogens is 232 g/mol. The van der Waals surface area contributed by atoms with Crippen molar-refractivity contribution in [2.75, 3.05) is 6.61 Å². The Morgan fingerprint density at radius 2 is 1.47 bits per heavy atom. The third-order valence-corrected chi connectivity index (χ3v) is 7.78. The van der Waals surface area contributed by atoms with E-state index in [4.69, 9.17) is 9.16 Å². The summed E-state index contributed by atoms with van der Waals surface area (Å²) in [6.07, 6.45) is 0. The van der Waals surface area contributed by atoms with E-state index in [2.05, 4.69) is 20.8 Å². The highest BCUT2D eigenvalue weighted by Crippen LogP contribution is 2.26. The maximum atomic E-state index is 10.9. The quantitative estimate of drug-likeness (QED) is 0.395. The molecule has 0 aromatic carbocycles. The number of hydrogen-bond donors (Lipinski definition) is 0. The van der Waals surface area contributed by atoms with Crippen LogP contribution in [0.15, 0.2) is 11.3 Å². The van der Waals surface area contributed by atoms with E-state index in [1.54, 1.807) is 0 Å². The Morgan fingerprint density at radius 1 is 1.00 bits per heavy atom. The van der Waals surface area contributed by atoms with Crippen LogP contribution in [0.1, 0.15) is 41.5 Å². The van der Waals surface area contributed by atoms with Crippen LogP contribution in [0.25, 0.3) is 0 Å². The van der Waals surface area contributed by atoms with Crippen molar-refractivity contribution in [1.29, 1.82) is 0 Å². The highest BCUT2D eigenvalue weighted by molar-refractivity contribution is 6.73. The number of esters is 1. The van der Waals surface area contributed by atoms with Gasteiger partial charge in [-0.1, -0.05) is 20.8 Å². The molecule has 0 N–H and O–H groups in total. The number of allylic oxidation sites excluding steroid dienone is 1. The van der Waals surface area contributed by atoms with Crippen LogP contribution in [-0.4, -0.2) is 20.9 Å².